The van der Waals surface area contributed by atoms with Crippen LogP contribution in [0.15, 0.2) is 0 Å². The van der Waals surface area contributed by atoms with Crippen molar-refractivity contribution in [3.05, 3.63) is 0 Å². The first-order valence-electron chi connectivity index (χ1n) is 6.68. The van der Waals surface area contributed by atoms with Gasteiger partial charge in [-0.3, -0.25) is 4.79 Å². The summed E-state index contributed by atoms with van der Waals surface area (Å²) in [5.41, 5.74) is 0. The molecule has 1 saturated carbocycles. The van der Waals surface area contributed by atoms with E-state index in [1.807, 2.05) is 7.05 Å². The first kappa shape index (κ1) is 13.5. The number of hydrogen-bond donors (Lipinski definition) is 2. The van der Waals surface area contributed by atoms with Gasteiger partial charge in [0, 0.05) is 12.5 Å². The van der Waals surface area contributed by atoms with E-state index in [-0.39, 0.29) is 5.91 Å². The Morgan fingerprint density at radius 1 is 1.31 bits per heavy atom. The number of carbonyl (C=O) groups excluding carboxylic acids is 1. The van der Waals surface area contributed by atoms with E-state index < -0.39 is 0 Å². The highest BCUT2D eigenvalue weighted by Crippen LogP contribution is 2.26. The lowest BCUT2D eigenvalue weighted by molar-refractivity contribution is -0.122. The maximum absolute atomic E-state index is 11.6. The largest absolute Gasteiger partial charge is 0.353 e. The van der Waals surface area contributed by atoms with Crippen LogP contribution in [-0.2, 0) is 4.79 Å². The Kier molecular flexibility index (Phi) is 6.46. The highest BCUT2D eigenvalue weighted by molar-refractivity contribution is 5.76. The Hall–Kier alpha value is -0.570. The molecule has 0 aliphatic heterocycles. The van der Waals surface area contributed by atoms with E-state index in [9.17, 15) is 4.79 Å². The lowest BCUT2D eigenvalue weighted by Gasteiger charge is -2.28. The average Bonchev–Trinajstić information content (AvgIpc) is 2.30. The van der Waals surface area contributed by atoms with Crippen LogP contribution in [0.1, 0.15) is 51.9 Å². The topological polar surface area (TPSA) is 41.1 Å². The van der Waals surface area contributed by atoms with Crippen LogP contribution >= 0.6 is 0 Å². The van der Waals surface area contributed by atoms with E-state index in [4.69, 9.17) is 0 Å². The second kappa shape index (κ2) is 7.66. The van der Waals surface area contributed by atoms with Crippen LogP contribution in [0.2, 0.25) is 0 Å². The van der Waals surface area contributed by atoms with Crippen molar-refractivity contribution in [1.29, 1.82) is 0 Å². The molecule has 1 rings (SSSR count). The fraction of sp³-hybridized carbons (Fsp3) is 0.923. The van der Waals surface area contributed by atoms with Crippen molar-refractivity contribution in [3.63, 3.8) is 0 Å². The minimum absolute atomic E-state index is 0.216. The molecule has 3 heteroatoms. The molecule has 0 aromatic carbocycles. The summed E-state index contributed by atoms with van der Waals surface area (Å²) in [5.74, 6) is 0.926. The van der Waals surface area contributed by atoms with Gasteiger partial charge < -0.3 is 10.6 Å². The van der Waals surface area contributed by atoms with Gasteiger partial charge in [-0.2, -0.15) is 0 Å². The summed E-state index contributed by atoms with van der Waals surface area (Å²) in [6, 6.07) is 0.363. The summed E-state index contributed by atoms with van der Waals surface area (Å²) in [7, 11) is 1.92. The van der Waals surface area contributed by atoms with Crippen LogP contribution in [0.5, 0.6) is 0 Å². The van der Waals surface area contributed by atoms with Crippen molar-refractivity contribution < 1.29 is 4.79 Å². The van der Waals surface area contributed by atoms with Crippen molar-refractivity contribution >= 4 is 5.91 Å². The van der Waals surface area contributed by atoms with Crippen molar-refractivity contribution in [3.8, 4) is 0 Å². The van der Waals surface area contributed by atoms with Crippen molar-refractivity contribution in [2.75, 3.05) is 13.6 Å². The van der Waals surface area contributed by atoms with Gasteiger partial charge in [-0.15, -0.1) is 0 Å². The molecule has 1 atom stereocenters. The molecule has 0 spiro atoms. The summed E-state index contributed by atoms with van der Waals surface area (Å²) in [5, 5.41) is 6.20. The van der Waals surface area contributed by atoms with Crippen molar-refractivity contribution in [2.45, 2.75) is 57.9 Å². The Labute approximate surface area is 99.4 Å². The monoisotopic (exact) mass is 226 g/mol. The molecule has 1 amide bonds. The third kappa shape index (κ3) is 4.97. The number of amides is 1. The summed E-state index contributed by atoms with van der Waals surface area (Å²) < 4.78 is 0. The molecule has 0 saturated heterocycles. The van der Waals surface area contributed by atoms with Gasteiger partial charge >= 0.3 is 0 Å². The number of rotatable bonds is 6. The second-order valence-electron chi connectivity index (χ2n) is 4.96. The molecule has 16 heavy (non-hydrogen) atoms. The predicted molar refractivity (Wildman–Crippen MR) is 67.3 cm³/mol. The molecule has 1 aliphatic carbocycles. The standard InChI is InChI=1S/C13H26N2O/c1-11(12-7-4-3-5-8-12)15-13(16)9-6-10-14-2/h11-12,14H,3-10H2,1-2H3,(H,15,16). The molecule has 94 valence electrons. The van der Waals surface area contributed by atoms with Crippen molar-refractivity contribution in [2.24, 2.45) is 5.92 Å². The normalized spacial score (nSPS) is 19.4. The van der Waals surface area contributed by atoms with Crippen LogP contribution in [0, 0.1) is 5.92 Å². The molecule has 0 heterocycles. The van der Waals surface area contributed by atoms with Gasteiger partial charge in [0.25, 0.3) is 0 Å². The third-order valence-corrected chi connectivity index (χ3v) is 3.58. The van der Waals surface area contributed by atoms with Gasteiger partial charge in [0.05, 0.1) is 0 Å². The Morgan fingerprint density at radius 3 is 2.62 bits per heavy atom. The first-order valence-corrected chi connectivity index (χ1v) is 6.68. The molecule has 1 unspecified atom stereocenters. The van der Waals surface area contributed by atoms with E-state index in [1.165, 1.54) is 32.1 Å². The van der Waals surface area contributed by atoms with Gasteiger partial charge in [-0.05, 0) is 45.7 Å². The van der Waals surface area contributed by atoms with Crippen LogP contribution in [-0.4, -0.2) is 25.5 Å². The number of nitrogens with one attached hydrogen (secondary N) is 2. The molecular formula is C13H26N2O. The fourth-order valence-corrected chi connectivity index (χ4v) is 2.50. The Morgan fingerprint density at radius 2 is 2.00 bits per heavy atom. The van der Waals surface area contributed by atoms with Crippen LogP contribution in [0.3, 0.4) is 0 Å². The quantitative estimate of drug-likeness (QED) is 0.681. The Balaban J connectivity index is 2.16. The summed E-state index contributed by atoms with van der Waals surface area (Å²) >= 11 is 0. The van der Waals surface area contributed by atoms with E-state index >= 15 is 0 Å². The molecule has 0 aromatic heterocycles. The third-order valence-electron chi connectivity index (χ3n) is 3.58. The van der Waals surface area contributed by atoms with Crippen molar-refractivity contribution in [1.82, 2.24) is 10.6 Å². The number of carbonyl (C=O) groups is 1. The maximum atomic E-state index is 11.6. The first-order chi connectivity index (χ1) is 7.74. The molecule has 3 nitrogen and oxygen atoms in total. The Bertz CT molecular complexity index is 200. The van der Waals surface area contributed by atoms with Gasteiger partial charge in [-0.25, -0.2) is 0 Å². The molecule has 2 N–H and O–H groups in total. The highest BCUT2D eigenvalue weighted by atomic mass is 16.1. The molecule has 0 bridgehead atoms. The van der Waals surface area contributed by atoms with Crippen LogP contribution in [0.4, 0.5) is 0 Å². The van der Waals surface area contributed by atoms with Gasteiger partial charge in [0.15, 0.2) is 0 Å². The SMILES string of the molecule is CNCCCC(=O)NC(C)C1CCCCC1. The average molecular weight is 226 g/mol. The zero-order chi connectivity index (χ0) is 11.8. The smallest absolute Gasteiger partial charge is 0.220 e. The summed E-state index contributed by atoms with van der Waals surface area (Å²) in [6.45, 7) is 3.08. The lowest BCUT2D eigenvalue weighted by Crippen LogP contribution is -2.38. The lowest BCUT2D eigenvalue weighted by atomic mass is 9.84. The molecule has 1 aliphatic rings. The molecule has 0 aromatic rings. The highest BCUT2D eigenvalue weighted by Gasteiger charge is 2.20. The fourth-order valence-electron chi connectivity index (χ4n) is 2.50. The predicted octanol–water partition coefficient (Wildman–Crippen LogP) is 2.07. The number of hydrogen-bond acceptors (Lipinski definition) is 2. The van der Waals surface area contributed by atoms with Crippen LogP contribution < -0.4 is 10.6 Å². The van der Waals surface area contributed by atoms with Crippen LogP contribution in [0.25, 0.3) is 0 Å². The zero-order valence-electron chi connectivity index (χ0n) is 10.7. The van der Waals surface area contributed by atoms with E-state index in [0.29, 0.717) is 18.4 Å². The minimum Gasteiger partial charge on any atom is -0.353 e. The molecular weight excluding hydrogens is 200 g/mol. The van der Waals surface area contributed by atoms with Gasteiger partial charge in [0.2, 0.25) is 5.91 Å². The molecule has 0 radical (unpaired) electrons. The minimum atomic E-state index is 0.216. The zero-order valence-corrected chi connectivity index (χ0v) is 10.7. The summed E-state index contributed by atoms with van der Waals surface area (Å²) in [4.78, 5) is 11.6. The van der Waals surface area contributed by atoms with Gasteiger partial charge in [0.1, 0.15) is 0 Å². The van der Waals surface area contributed by atoms with E-state index in [2.05, 4.69) is 17.6 Å². The van der Waals surface area contributed by atoms with E-state index in [0.717, 1.165) is 13.0 Å². The van der Waals surface area contributed by atoms with Gasteiger partial charge in [-0.1, -0.05) is 19.3 Å². The van der Waals surface area contributed by atoms with E-state index in [1.54, 1.807) is 0 Å². The summed E-state index contributed by atoms with van der Waals surface area (Å²) in [6.07, 6.45) is 8.21. The second-order valence-corrected chi connectivity index (χ2v) is 4.96. The molecule has 1 fully saturated rings. The maximum Gasteiger partial charge on any atom is 0.220 e.